The third kappa shape index (κ3) is 1.83. The minimum atomic E-state index is 0.0441. The van der Waals surface area contributed by atoms with Crippen LogP contribution in [0.5, 0.6) is 0 Å². The average molecular weight is 210 g/mol. The highest BCUT2D eigenvalue weighted by Gasteiger charge is 2.09. The number of nitrogens with zero attached hydrogens (tertiary/aromatic N) is 2. The van der Waals surface area contributed by atoms with Crippen molar-refractivity contribution in [3.8, 4) is 10.8 Å². The summed E-state index contributed by atoms with van der Waals surface area (Å²) in [7, 11) is 0. The molecule has 1 N–H and O–H groups in total. The van der Waals surface area contributed by atoms with Gasteiger partial charge in [-0.2, -0.15) is 4.98 Å². The number of aliphatic hydroxyl groups excluding tert-OH is 1. The molecule has 0 saturated heterocycles. The van der Waals surface area contributed by atoms with Crippen molar-refractivity contribution in [2.75, 3.05) is 6.61 Å². The molecule has 74 valence electrons. The van der Waals surface area contributed by atoms with Crippen molar-refractivity contribution < 1.29 is 9.63 Å². The molecule has 0 bridgehead atoms. The smallest absolute Gasteiger partial charge is 0.267 e. The van der Waals surface area contributed by atoms with Gasteiger partial charge in [-0.25, -0.2) is 0 Å². The molecule has 0 atom stereocenters. The van der Waals surface area contributed by atoms with Crippen molar-refractivity contribution >= 4 is 11.3 Å². The Morgan fingerprint density at radius 3 is 3.00 bits per heavy atom. The molecule has 0 amide bonds. The van der Waals surface area contributed by atoms with Gasteiger partial charge in [-0.15, -0.1) is 11.3 Å². The van der Waals surface area contributed by atoms with Crippen LogP contribution in [0.1, 0.15) is 10.7 Å². The van der Waals surface area contributed by atoms with E-state index in [1.165, 1.54) is 4.88 Å². The molecule has 0 radical (unpaired) electrons. The van der Waals surface area contributed by atoms with Crippen LogP contribution < -0.4 is 0 Å². The average Bonchev–Trinajstić information content (AvgIpc) is 2.74. The van der Waals surface area contributed by atoms with Crippen molar-refractivity contribution in [3.05, 3.63) is 22.8 Å². The molecule has 0 saturated carbocycles. The highest BCUT2D eigenvalue weighted by Crippen LogP contribution is 2.25. The monoisotopic (exact) mass is 210 g/mol. The first-order chi connectivity index (χ1) is 6.79. The van der Waals surface area contributed by atoms with E-state index in [1.54, 1.807) is 11.3 Å². The summed E-state index contributed by atoms with van der Waals surface area (Å²) in [6.07, 6.45) is 0.438. The molecule has 2 aromatic rings. The number of thiophene rings is 1. The predicted molar refractivity (Wildman–Crippen MR) is 53.1 cm³/mol. The van der Waals surface area contributed by atoms with Crippen LogP contribution in [-0.4, -0.2) is 21.9 Å². The van der Waals surface area contributed by atoms with Crippen molar-refractivity contribution in [2.24, 2.45) is 0 Å². The molecule has 0 aliphatic heterocycles. The molecule has 2 aromatic heterocycles. The molecule has 0 fully saturated rings. The van der Waals surface area contributed by atoms with Gasteiger partial charge in [0.2, 0.25) is 0 Å². The molecule has 0 spiro atoms. The molecule has 4 nitrogen and oxygen atoms in total. The second-order valence-corrected chi connectivity index (χ2v) is 4.19. The van der Waals surface area contributed by atoms with E-state index in [2.05, 4.69) is 10.1 Å². The maximum atomic E-state index is 8.68. The zero-order valence-electron chi connectivity index (χ0n) is 7.73. The third-order valence-electron chi connectivity index (χ3n) is 1.75. The lowest BCUT2D eigenvalue weighted by Gasteiger charge is -1.84. The zero-order valence-corrected chi connectivity index (χ0v) is 8.54. The van der Waals surface area contributed by atoms with Crippen molar-refractivity contribution in [3.63, 3.8) is 0 Å². The number of aryl methyl sites for hydroxylation is 1. The number of aromatic nitrogens is 2. The standard InChI is InChI=1S/C9H10N2O2S/c1-6-2-3-7(14-6)9-10-8(4-5-12)11-13-9/h2-3,12H,4-5H2,1H3. The van der Waals surface area contributed by atoms with Crippen LogP contribution in [0.4, 0.5) is 0 Å². The number of aliphatic hydroxyl groups is 1. The number of hydrogen-bond donors (Lipinski definition) is 1. The quantitative estimate of drug-likeness (QED) is 0.836. The molecular formula is C9H10N2O2S. The second kappa shape index (κ2) is 3.89. The molecule has 5 heteroatoms. The van der Waals surface area contributed by atoms with E-state index in [0.29, 0.717) is 18.1 Å². The lowest BCUT2D eigenvalue weighted by Crippen LogP contribution is -1.92. The first kappa shape index (κ1) is 9.36. The van der Waals surface area contributed by atoms with Gasteiger partial charge in [0, 0.05) is 11.3 Å². The third-order valence-corrected chi connectivity index (χ3v) is 2.74. The fourth-order valence-corrected chi connectivity index (χ4v) is 1.89. The van der Waals surface area contributed by atoms with Gasteiger partial charge in [0.25, 0.3) is 5.89 Å². The Balaban J connectivity index is 2.24. The number of hydrogen-bond acceptors (Lipinski definition) is 5. The van der Waals surface area contributed by atoms with Crippen LogP contribution in [0.2, 0.25) is 0 Å². The Hall–Kier alpha value is -1.20. The van der Waals surface area contributed by atoms with Crippen molar-refractivity contribution in [2.45, 2.75) is 13.3 Å². The minimum Gasteiger partial charge on any atom is -0.396 e. The maximum Gasteiger partial charge on any atom is 0.267 e. The molecule has 0 aliphatic carbocycles. The van der Waals surface area contributed by atoms with Gasteiger partial charge < -0.3 is 9.63 Å². The van der Waals surface area contributed by atoms with Crippen LogP contribution in [-0.2, 0) is 6.42 Å². The molecule has 0 aromatic carbocycles. The summed E-state index contributed by atoms with van der Waals surface area (Å²) >= 11 is 1.61. The Labute approximate surface area is 85.2 Å². The largest absolute Gasteiger partial charge is 0.396 e. The molecule has 0 unspecified atom stereocenters. The summed E-state index contributed by atoms with van der Waals surface area (Å²) in [5, 5.41) is 12.4. The van der Waals surface area contributed by atoms with E-state index < -0.39 is 0 Å². The van der Waals surface area contributed by atoms with Crippen LogP contribution >= 0.6 is 11.3 Å². The summed E-state index contributed by atoms with van der Waals surface area (Å²) < 4.78 is 5.05. The summed E-state index contributed by atoms with van der Waals surface area (Å²) in [4.78, 5) is 6.34. The summed E-state index contributed by atoms with van der Waals surface area (Å²) in [6, 6.07) is 3.96. The Kier molecular flexibility index (Phi) is 2.60. The predicted octanol–water partition coefficient (Wildman–Crippen LogP) is 1.64. The van der Waals surface area contributed by atoms with Crippen molar-refractivity contribution in [1.82, 2.24) is 10.1 Å². The lowest BCUT2D eigenvalue weighted by molar-refractivity contribution is 0.293. The van der Waals surface area contributed by atoms with Gasteiger partial charge in [-0.3, -0.25) is 0 Å². The summed E-state index contributed by atoms with van der Waals surface area (Å²) in [6.45, 7) is 2.07. The number of rotatable bonds is 3. The molecule has 0 aliphatic rings. The second-order valence-electron chi connectivity index (χ2n) is 2.90. The van der Waals surface area contributed by atoms with Gasteiger partial charge in [0.15, 0.2) is 5.82 Å². The van der Waals surface area contributed by atoms with Gasteiger partial charge in [-0.1, -0.05) is 5.16 Å². The summed E-state index contributed by atoms with van der Waals surface area (Å²) in [5.74, 6) is 1.08. The van der Waals surface area contributed by atoms with Gasteiger partial charge in [0.05, 0.1) is 11.5 Å². The van der Waals surface area contributed by atoms with E-state index in [1.807, 2.05) is 19.1 Å². The van der Waals surface area contributed by atoms with Gasteiger partial charge in [-0.05, 0) is 19.1 Å². The highest BCUT2D eigenvalue weighted by molar-refractivity contribution is 7.15. The van der Waals surface area contributed by atoms with E-state index in [0.717, 1.165) is 4.88 Å². The highest BCUT2D eigenvalue weighted by atomic mass is 32.1. The van der Waals surface area contributed by atoms with Crippen molar-refractivity contribution in [1.29, 1.82) is 0 Å². The van der Waals surface area contributed by atoms with E-state index in [9.17, 15) is 0 Å². The first-order valence-corrected chi connectivity index (χ1v) is 5.11. The van der Waals surface area contributed by atoms with Crippen LogP contribution in [0, 0.1) is 6.92 Å². The first-order valence-electron chi connectivity index (χ1n) is 4.30. The molecule has 2 rings (SSSR count). The zero-order chi connectivity index (χ0) is 9.97. The fraction of sp³-hybridized carbons (Fsp3) is 0.333. The van der Waals surface area contributed by atoms with E-state index >= 15 is 0 Å². The minimum absolute atomic E-state index is 0.0441. The van der Waals surface area contributed by atoms with Gasteiger partial charge in [0.1, 0.15) is 0 Å². The molecule has 2 heterocycles. The Bertz CT molecular complexity index is 422. The summed E-state index contributed by atoms with van der Waals surface area (Å²) in [5.41, 5.74) is 0. The normalized spacial score (nSPS) is 10.7. The topological polar surface area (TPSA) is 59.2 Å². The van der Waals surface area contributed by atoms with E-state index in [4.69, 9.17) is 9.63 Å². The van der Waals surface area contributed by atoms with Crippen LogP contribution in [0.3, 0.4) is 0 Å². The SMILES string of the molecule is Cc1ccc(-c2nc(CCO)no2)s1. The lowest BCUT2D eigenvalue weighted by atomic mass is 10.4. The van der Waals surface area contributed by atoms with Gasteiger partial charge >= 0.3 is 0 Å². The van der Waals surface area contributed by atoms with Crippen LogP contribution in [0.25, 0.3) is 10.8 Å². The maximum absolute atomic E-state index is 8.68. The molecule has 14 heavy (non-hydrogen) atoms. The Morgan fingerprint density at radius 2 is 2.36 bits per heavy atom. The molecular weight excluding hydrogens is 200 g/mol. The van der Waals surface area contributed by atoms with E-state index in [-0.39, 0.29) is 6.61 Å². The fourth-order valence-electron chi connectivity index (χ4n) is 1.11. The van der Waals surface area contributed by atoms with Crippen LogP contribution in [0.15, 0.2) is 16.7 Å². The Morgan fingerprint density at radius 1 is 1.50 bits per heavy atom.